The third kappa shape index (κ3) is 3.78. The molecule has 0 radical (unpaired) electrons. The molecular formula is C9H20N2S. The molecule has 0 aromatic rings. The van der Waals surface area contributed by atoms with Gasteiger partial charge in [-0.05, 0) is 20.5 Å². The quantitative estimate of drug-likeness (QED) is 0.709. The molecule has 0 spiro atoms. The zero-order chi connectivity index (χ0) is 8.97. The lowest BCUT2D eigenvalue weighted by Crippen LogP contribution is -2.34. The van der Waals surface area contributed by atoms with Gasteiger partial charge in [0, 0.05) is 30.1 Å². The number of likely N-dealkylation sites (N-methyl/N-ethyl adjacent to an activating group) is 1. The highest BCUT2D eigenvalue weighted by Gasteiger charge is 2.20. The van der Waals surface area contributed by atoms with E-state index >= 15 is 0 Å². The van der Waals surface area contributed by atoms with Gasteiger partial charge in [0.25, 0.3) is 0 Å². The van der Waals surface area contributed by atoms with Crippen LogP contribution in [0.25, 0.3) is 0 Å². The van der Waals surface area contributed by atoms with E-state index in [1.807, 2.05) is 0 Å². The molecule has 1 heterocycles. The summed E-state index contributed by atoms with van der Waals surface area (Å²) in [5.41, 5.74) is 0. The molecule has 0 saturated carbocycles. The van der Waals surface area contributed by atoms with Crippen LogP contribution in [0.4, 0.5) is 0 Å². The Morgan fingerprint density at radius 2 is 2.25 bits per heavy atom. The van der Waals surface area contributed by atoms with E-state index in [0.717, 1.165) is 24.4 Å². The largest absolute Gasteiger partial charge is 0.312 e. The van der Waals surface area contributed by atoms with Crippen LogP contribution in [0, 0.1) is 0 Å². The highest BCUT2D eigenvalue weighted by molar-refractivity contribution is 8.00. The summed E-state index contributed by atoms with van der Waals surface area (Å²) in [4.78, 5) is 2.22. The van der Waals surface area contributed by atoms with Crippen molar-refractivity contribution in [3.05, 3.63) is 0 Å². The predicted molar refractivity (Wildman–Crippen MR) is 56.9 cm³/mol. The van der Waals surface area contributed by atoms with Gasteiger partial charge in [-0.1, -0.05) is 6.92 Å². The molecule has 0 aromatic heterocycles. The van der Waals surface area contributed by atoms with Gasteiger partial charge in [0.05, 0.1) is 0 Å². The molecule has 0 amide bonds. The summed E-state index contributed by atoms with van der Waals surface area (Å²) in [6.07, 6.45) is 1.35. The molecule has 0 aliphatic carbocycles. The topological polar surface area (TPSA) is 15.3 Å². The van der Waals surface area contributed by atoms with Crippen LogP contribution >= 0.6 is 11.8 Å². The summed E-state index contributed by atoms with van der Waals surface area (Å²) < 4.78 is 0. The van der Waals surface area contributed by atoms with Gasteiger partial charge in [-0.15, -0.1) is 0 Å². The minimum Gasteiger partial charge on any atom is -0.312 e. The number of hydrogen-bond donors (Lipinski definition) is 1. The summed E-state index contributed by atoms with van der Waals surface area (Å²) in [5.74, 6) is 1.30. The Hall–Kier alpha value is 0.270. The van der Waals surface area contributed by atoms with Gasteiger partial charge in [-0.25, -0.2) is 0 Å². The molecule has 0 aromatic carbocycles. The van der Waals surface area contributed by atoms with Crippen molar-refractivity contribution in [3.63, 3.8) is 0 Å². The standard InChI is InChI=1S/C9H20N2S/c1-8-6-9(7-12-8)10-4-5-11(2)3/h8-10H,4-7H2,1-3H3. The van der Waals surface area contributed by atoms with Crippen molar-refractivity contribution in [2.24, 2.45) is 0 Å². The van der Waals surface area contributed by atoms with Gasteiger partial charge >= 0.3 is 0 Å². The maximum absolute atomic E-state index is 3.58. The van der Waals surface area contributed by atoms with E-state index in [4.69, 9.17) is 0 Å². The van der Waals surface area contributed by atoms with Crippen molar-refractivity contribution < 1.29 is 0 Å². The highest BCUT2D eigenvalue weighted by Crippen LogP contribution is 2.25. The van der Waals surface area contributed by atoms with Crippen molar-refractivity contribution in [2.75, 3.05) is 32.9 Å². The molecule has 2 atom stereocenters. The normalized spacial score (nSPS) is 30.0. The van der Waals surface area contributed by atoms with Crippen LogP contribution in [0.5, 0.6) is 0 Å². The minimum atomic E-state index is 0.768. The van der Waals surface area contributed by atoms with Gasteiger partial charge in [0.15, 0.2) is 0 Å². The van der Waals surface area contributed by atoms with Crippen LogP contribution in [-0.4, -0.2) is 49.1 Å². The number of thioether (sulfide) groups is 1. The molecule has 1 aliphatic heterocycles. The summed E-state index contributed by atoms with van der Waals surface area (Å²) in [7, 11) is 4.24. The molecular weight excluding hydrogens is 168 g/mol. The molecule has 2 unspecified atom stereocenters. The van der Waals surface area contributed by atoms with Gasteiger partial charge in [-0.2, -0.15) is 11.8 Å². The molecule has 1 N–H and O–H groups in total. The fraction of sp³-hybridized carbons (Fsp3) is 1.00. The lowest BCUT2D eigenvalue weighted by molar-refractivity contribution is 0.386. The number of hydrogen-bond acceptors (Lipinski definition) is 3. The smallest absolute Gasteiger partial charge is 0.0169 e. The Balaban J connectivity index is 2.00. The first-order chi connectivity index (χ1) is 5.68. The van der Waals surface area contributed by atoms with Crippen LogP contribution in [-0.2, 0) is 0 Å². The fourth-order valence-corrected chi connectivity index (χ4v) is 2.63. The number of nitrogens with zero attached hydrogens (tertiary/aromatic N) is 1. The van der Waals surface area contributed by atoms with Crippen molar-refractivity contribution in [2.45, 2.75) is 24.6 Å². The Kier molecular flexibility index (Phi) is 4.40. The molecule has 12 heavy (non-hydrogen) atoms. The van der Waals surface area contributed by atoms with Crippen LogP contribution in [0.15, 0.2) is 0 Å². The Morgan fingerprint density at radius 3 is 2.75 bits per heavy atom. The van der Waals surface area contributed by atoms with Crippen LogP contribution in [0.1, 0.15) is 13.3 Å². The van der Waals surface area contributed by atoms with E-state index in [1.54, 1.807) is 0 Å². The second-order valence-electron chi connectivity index (χ2n) is 3.83. The van der Waals surface area contributed by atoms with Gasteiger partial charge in [0.1, 0.15) is 0 Å². The maximum atomic E-state index is 3.58. The van der Waals surface area contributed by atoms with Crippen molar-refractivity contribution in [1.29, 1.82) is 0 Å². The SMILES string of the molecule is CC1CC(NCCN(C)C)CS1. The molecule has 0 bridgehead atoms. The molecule has 3 heteroatoms. The predicted octanol–water partition coefficient (Wildman–Crippen LogP) is 1.03. The van der Waals surface area contributed by atoms with E-state index in [2.05, 4.69) is 43.0 Å². The summed E-state index contributed by atoms with van der Waals surface area (Å²) in [6.45, 7) is 4.60. The monoisotopic (exact) mass is 188 g/mol. The lowest BCUT2D eigenvalue weighted by atomic mass is 10.2. The molecule has 72 valence electrons. The zero-order valence-electron chi connectivity index (χ0n) is 8.34. The highest BCUT2D eigenvalue weighted by atomic mass is 32.2. The molecule has 1 saturated heterocycles. The van der Waals surface area contributed by atoms with E-state index in [0.29, 0.717) is 0 Å². The zero-order valence-corrected chi connectivity index (χ0v) is 9.16. The Labute approximate surface area is 80.1 Å². The van der Waals surface area contributed by atoms with E-state index in [1.165, 1.54) is 12.2 Å². The van der Waals surface area contributed by atoms with Crippen LogP contribution in [0.2, 0.25) is 0 Å². The van der Waals surface area contributed by atoms with Crippen LogP contribution in [0.3, 0.4) is 0 Å². The third-order valence-corrected chi connectivity index (χ3v) is 3.55. The first kappa shape index (κ1) is 10.4. The van der Waals surface area contributed by atoms with E-state index in [9.17, 15) is 0 Å². The first-order valence-electron chi connectivity index (χ1n) is 4.68. The van der Waals surface area contributed by atoms with Crippen molar-refractivity contribution in [3.8, 4) is 0 Å². The second-order valence-corrected chi connectivity index (χ2v) is 5.31. The first-order valence-corrected chi connectivity index (χ1v) is 5.73. The molecule has 1 fully saturated rings. The Bertz CT molecular complexity index is 128. The van der Waals surface area contributed by atoms with Crippen molar-refractivity contribution >= 4 is 11.8 Å². The third-order valence-electron chi connectivity index (χ3n) is 2.19. The number of rotatable bonds is 4. The molecule has 2 nitrogen and oxygen atoms in total. The van der Waals surface area contributed by atoms with Gasteiger partial charge in [-0.3, -0.25) is 0 Å². The summed E-state index contributed by atoms with van der Waals surface area (Å²) in [6, 6.07) is 0.768. The van der Waals surface area contributed by atoms with Gasteiger partial charge < -0.3 is 10.2 Å². The molecule has 1 rings (SSSR count). The van der Waals surface area contributed by atoms with E-state index < -0.39 is 0 Å². The number of nitrogens with one attached hydrogen (secondary N) is 1. The van der Waals surface area contributed by atoms with E-state index in [-0.39, 0.29) is 0 Å². The minimum absolute atomic E-state index is 0.768. The second kappa shape index (κ2) is 5.10. The summed E-state index contributed by atoms with van der Waals surface area (Å²) >= 11 is 2.09. The Morgan fingerprint density at radius 1 is 1.50 bits per heavy atom. The molecule has 1 aliphatic rings. The average Bonchev–Trinajstić information content (AvgIpc) is 2.35. The fourth-order valence-electron chi connectivity index (χ4n) is 1.45. The summed E-state index contributed by atoms with van der Waals surface area (Å²) in [5, 5.41) is 4.44. The lowest BCUT2D eigenvalue weighted by Gasteiger charge is -2.14. The average molecular weight is 188 g/mol. The van der Waals surface area contributed by atoms with Gasteiger partial charge in [0.2, 0.25) is 0 Å². The van der Waals surface area contributed by atoms with Crippen LogP contribution < -0.4 is 5.32 Å². The maximum Gasteiger partial charge on any atom is 0.0169 e. The van der Waals surface area contributed by atoms with Crippen molar-refractivity contribution in [1.82, 2.24) is 10.2 Å².